The summed E-state index contributed by atoms with van der Waals surface area (Å²) in [6.45, 7) is 0. The molecular weight excluding hydrogens is 84.1 g/mol. The van der Waals surface area contributed by atoms with Gasteiger partial charge in [-0.2, -0.15) is 0 Å². The highest BCUT2D eigenvalue weighted by Gasteiger charge is 1.61. The third kappa shape index (κ3) is 3.69. The Morgan fingerprint density at radius 1 is 1.80 bits per heavy atom. The van der Waals surface area contributed by atoms with E-state index in [0.717, 1.165) is 0 Å². The lowest BCUT2D eigenvalue weighted by atomic mass is 11.0. The number of hydrogen-bond acceptors (Lipinski definition) is 3. The number of rotatable bonds is 0. The van der Waals surface area contributed by atoms with Crippen molar-refractivity contribution in [2.75, 3.05) is 0 Å². The van der Waals surface area contributed by atoms with Crippen molar-refractivity contribution in [3.63, 3.8) is 0 Å². The molecular formula is C2H6N2S. The summed E-state index contributed by atoms with van der Waals surface area (Å²) in [5.41, 5.74) is 9.70. The minimum atomic E-state index is 0.352. The van der Waals surface area contributed by atoms with Crippen LogP contribution in [0.3, 0.4) is 0 Å². The van der Waals surface area contributed by atoms with Crippen molar-refractivity contribution < 1.29 is 0 Å². The highest BCUT2D eigenvalue weighted by molar-refractivity contribution is 7.84. The minimum absolute atomic E-state index is 0.352. The van der Waals surface area contributed by atoms with E-state index in [1.165, 1.54) is 6.20 Å². The van der Waals surface area contributed by atoms with Crippen LogP contribution in [0.25, 0.3) is 0 Å². The van der Waals surface area contributed by atoms with Crippen LogP contribution in [-0.2, 0) is 0 Å². The maximum absolute atomic E-state index is 4.89. The molecule has 0 aromatic carbocycles. The van der Waals surface area contributed by atoms with Gasteiger partial charge in [-0.05, 0) is 0 Å². The van der Waals surface area contributed by atoms with Gasteiger partial charge in [-0.3, -0.25) is 0 Å². The van der Waals surface area contributed by atoms with E-state index in [1.54, 1.807) is 0 Å². The predicted molar refractivity (Wildman–Crippen MR) is 25.4 cm³/mol. The Balaban J connectivity index is 3.14. The first-order chi connectivity index (χ1) is 2.27. The molecule has 0 unspecified atom stereocenters. The van der Waals surface area contributed by atoms with E-state index in [0.29, 0.717) is 5.03 Å². The van der Waals surface area contributed by atoms with Crippen molar-refractivity contribution in [1.29, 1.82) is 0 Å². The first-order valence-corrected chi connectivity index (χ1v) is 1.58. The third-order valence-electron chi connectivity index (χ3n) is 0.171. The largest absolute Gasteiger partial charge is 0.403 e. The third-order valence-corrected chi connectivity index (χ3v) is 0.320. The van der Waals surface area contributed by atoms with Gasteiger partial charge < -0.3 is 11.5 Å². The Bertz CT molecular complexity index is 45.6. The topological polar surface area (TPSA) is 52.0 Å². The van der Waals surface area contributed by atoms with Crippen LogP contribution < -0.4 is 11.5 Å². The normalized spacial score (nSPS) is 11.8. The minimum Gasteiger partial charge on any atom is -0.403 e. The van der Waals surface area contributed by atoms with E-state index in [2.05, 4.69) is 12.6 Å². The second-order valence-electron chi connectivity index (χ2n) is 0.592. The quantitative estimate of drug-likeness (QED) is 0.355. The first-order valence-electron chi connectivity index (χ1n) is 1.13. The van der Waals surface area contributed by atoms with Crippen LogP contribution >= 0.6 is 12.6 Å². The summed E-state index contributed by atoms with van der Waals surface area (Å²) in [6, 6.07) is 0. The highest BCUT2D eigenvalue weighted by atomic mass is 32.1. The van der Waals surface area contributed by atoms with Crippen molar-refractivity contribution in [2.24, 2.45) is 11.5 Å². The van der Waals surface area contributed by atoms with Gasteiger partial charge in [0, 0.05) is 6.20 Å². The summed E-state index contributed by atoms with van der Waals surface area (Å²) >= 11 is 3.61. The van der Waals surface area contributed by atoms with E-state index in [-0.39, 0.29) is 0 Å². The number of hydrogen-bond donors (Lipinski definition) is 3. The van der Waals surface area contributed by atoms with Gasteiger partial charge >= 0.3 is 0 Å². The van der Waals surface area contributed by atoms with Gasteiger partial charge in [-0.25, -0.2) is 0 Å². The molecule has 0 rings (SSSR count). The molecule has 0 amide bonds. The monoisotopic (exact) mass is 90.0 g/mol. The molecule has 0 spiro atoms. The molecule has 0 aromatic heterocycles. The van der Waals surface area contributed by atoms with E-state index in [9.17, 15) is 0 Å². The highest BCUT2D eigenvalue weighted by Crippen LogP contribution is 1.79. The van der Waals surface area contributed by atoms with Gasteiger partial charge in [0.1, 0.15) is 0 Å². The second kappa shape index (κ2) is 1.96. The molecule has 0 heterocycles. The molecule has 5 heavy (non-hydrogen) atoms. The Morgan fingerprint density at radius 2 is 2.00 bits per heavy atom. The van der Waals surface area contributed by atoms with Crippen LogP contribution in [0.15, 0.2) is 11.2 Å². The van der Waals surface area contributed by atoms with Crippen molar-refractivity contribution in [2.45, 2.75) is 0 Å². The second-order valence-corrected chi connectivity index (χ2v) is 1.11. The van der Waals surface area contributed by atoms with Gasteiger partial charge in [0.05, 0.1) is 5.03 Å². The van der Waals surface area contributed by atoms with Crippen LogP contribution in [0.5, 0.6) is 0 Å². The molecule has 0 aliphatic rings. The molecule has 0 saturated carbocycles. The molecule has 2 nitrogen and oxygen atoms in total. The molecule has 0 aromatic rings. The van der Waals surface area contributed by atoms with Crippen molar-refractivity contribution >= 4 is 12.6 Å². The molecule has 0 atom stereocenters. The lowest BCUT2D eigenvalue weighted by Crippen LogP contribution is -1.90. The molecule has 3 heteroatoms. The fourth-order valence-corrected chi connectivity index (χ4v) is 0. The summed E-state index contributed by atoms with van der Waals surface area (Å²) in [5, 5.41) is 0.352. The zero-order chi connectivity index (χ0) is 4.28. The Morgan fingerprint density at radius 3 is 2.00 bits per heavy atom. The molecule has 0 saturated heterocycles. The first kappa shape index (κ1) is 4.69. The molecule has 0 bridgehead atoms. The molecule has 0 radical (unpaired) electrons. The van der Waals surface area contributed by atoms with Crippen molar-refractivity contribution in [3.05, 3.63) is 11.2 Å². The number of nitrogens with two attached hydrogens (primary N) is 2. The zero-order valence-corrected chi connectivity index (χ0v) is 3.57. The van der Waals surface area contributed by atoms with Crippen LogP contribution in [-0.4, -0.2) is 0 Å². The van der Waals surface area contributed by atoms with Gasteiger partial charge in [0.2, 0.25) is 0 Å². The van der Waals surface area contributed by atoms with Gasteiger partial charge in [-0.1, -0.05) is 0 Å². The average Bonchev–Trinajstić information content (AvgIpc) is 1.38. The standard InChI is InChI=1S/C2H6N2S/c3-1-2(4)5/h1,5H,3-4H2/b2-1+. The van der Waals surface area contributed by atoms with E-state index < -0.39 is 0 Å². The summed E-state index contributed by atoms with van der Waals surface area (Å²) in [7, 11) is 0. The Kier molecular flexibility index (Phi) is 1.84. The van der Waals surface area contributed by atoms with Crippen LogP contribution in [0.4, 0.5) is 0 Å². The maximum atomic E-state index is 4.89. The summed E-state index contributed by atoms with van der Waals surface area (Å²) in [6.07, 6.45) is 1.23. The zero-order valence-electron chi connectivity index (χ0n) is 2.68. The SMILES string of the molecule is N/C=C(\N)S. The van der Waals surface area contributed by atoms with Gasteiger partial charge in [-0.15, -0.1) is 12.6 Å². The lowest BCUT2D eigenvalue weighted by Gasteiger charge is -1.75. The van der Waals surface area contributed by atoms with Crippen LogP contribution in [0, 0.1) is 0 Å². The van der Waals surface area contributed by atoms with Crippen molar-refractivity contribution in [3.8, 4) is 0 Å². The summed E-state index contributed by atoms with van der Waals surface area (Å²) < 4.78 is 0. The maximum Gasteiger partial charge on any atom is 0.0782 e. The molecule has 4 N–H and O–H groups in total. The van der Waals surface area contributed by atoms with Gasteiger partial charge in [0.25, 0.3) is 0 Å². The molecule has 30 valence electrons. The van der Waals surface area contributed by atoms with Crippen LogP contribution in [0.2, 0.25) is 0 Å². The van der Waals surface area contributed by atoms with E-state index >= 15 is 0 Å². The molecule has 0 aliphatic heterocycles. The fourth-order valence-electron chi connectivity index (χ4n) is 0. The van der Waals surface area contributed by atoms with E-state index in [1.807, 2.05) is 0 Å². The lowest BCUT2D eigenvalue weighted by molar-refractivity contribution is 1.47. The van der Waals surface area contributed by atoms with Crippen LogP contribution in [0.1, 0.15) is 0 Å². The van der Waals surface area contributed by atoms with E-state index in [4.69, 9.17) is 11.5 Å². The van der Waals surface area contributed by atoms with Crippen molar-refractivity contribution in [1.82, 2.24) is 0 Å². The van der Waals surface area contributed by atoms with Gasteiger partial charge in [0.15, 0.2) is 0 Å². The fraction of sp³-hybridized carbons (Fsp3) is 0. The summed E-state index contributed by atoms with van der Waals surface area (Å²) in [5.74, 6) is 0. The Hall–Kier alpha value is -0.310. The molecule has 0 fully saturated rings. The number of thiol groups is 1. The summed E-state index contributed by atoms with van der Waals surface area (Å²) in [4.78, 5) is 0. The predicted octanol–water partition coefficient (Wildman–Crippen LogP) is -0.367. The smallest absolute Gasteiger partial charge is 0.0782 e. The average molecular weight is 90.2 g/mol. The molecule has 0 aliphatic carbocycles. The Labute approximate surface area is 36.2 Å².